The molecule has 1 N–H and O–H groups in total. The number of halogens is 1. The maximum atomic E-state index is 6.15. The van der Waals surface area contributed by atoms with Crippen LogP contribution in [0.15, 0.2) is 34.6 Å². The van der Waals surface area contributed by atoms with E-state index in [1.807, 2.05) is 18.2 Å². The van der Waals surface area contributed by atoms with E-state index in [0.717, 1.165) is 49.1 Å². The minimum atomic E-state index is 0.715. The van der Waals surface area contributed by atoms with E-state index in [0.29, 0.717) is 5.02 Å². The van der Waals surface area contributed by atoms with Crippen molar-refractivity contribution in [1.82, 2.24) is 9.80 Å². The number of amidine groups is 1. The smallest absolute Gasteiger partial charge is 0.148 e. The SMILES string of the molecule is CN1CCN(C2=Nc3cc(Cl)ccc3Nc3ccsc32)CC1. The van der Waals surface area contributed by atoms with E-state index < -0.39 is 0 Å². The molecule has 3 heterocycles. The average molecular weight is 333 g/mol. The van der Waals surface area contributed by atoms with Crippen LogP contribution in [0.5, 0.6) is 0 Å². The van der Waals surface area contributed by atoms with Gasteiger partial charge in [0.15, 0.2) is 0 Å². The minimum absolute atomic E-state index is 0.715. The number of hydrogen-bond acceptors (Lipinski definition) is 5. The number of rotatable bonds is 0. The highest BCUT2D eigenvalue weighted by atomic mass is 35.5. The maximum Gasteiger partial charge on any atom is 0.148 e. The molecule has 114 valence electrons. The standard InChI is InChI=1S/C16H17ClN4S/c1-20-5-7-21(8-6-20)16-15-13(4-9-22-15)18-12-3-2-11(17)10-14(12)19-16/h2-4,9-10,18H,5-8H2,1H3. The number of aliphatic imine (C=N–C) groups is 1. The first-order valence-corrected chi connectivity index (χ1v) is 8.63. The largest absolute Gasteiger partial charge is 0.353 e. The molecule has 1 fully saturated rings. The Kier molecular flexibility index (Phi) is 3.56. The summed E-state index contributed by atoms with van der Waals surface area (Å²) in [6.07, 6.45) is 0. The maximum absolute atomic E-state index is 6.15. The number of hydrogen-bond donors (Lipinski definition) is 1. The summed E-state index contributed by atoms with van der Waals surface area (Å²) in [4.78, 5) is 10.9. The lowest BCUT2D eigenvalue weighted by Gasteiger charge is -2.34. The van der Waals surface area contributed by atoms with Gasteiger partial charge < -0.3 is 15.1 Å². The molecular formula is C16H17ClN4S. The molecule has 0 atom stereocenters. The second-order valence-electron chi connectivity index (χ2n) is 5.68. The Morgan fingerprint density at radius 3 is 2.77 bits per heavy atom. The van der Waals surface area contributed by atoms with E-state index >= 15 is 0 Å². The number of nitrogens with zero attached hydrogens (tertiary/aromatic N) is 3. The number of fused-ring (bicyclic) bond motifs is 2. The zero-order valence-electron chi connectivity index (χ0n) is 12.3. The molecule has 6 heteroatoms. The predicted octanol–water partition coefficient (Wildman–Crippen LogP) is 3.78. The summed E-state index contributed by atoms with van der Waals surface area (Å²) in [5, 5.41) is 6.32. The van der Waals surface area contributed by atoms with Gasteiger partial charge in [-0.25, -0.2) is 4.99 Å². The molecule has 0 amide bonds. The Balaban J connectivity index is 1.80. The topological polar surface area (TPSA) is 30.9 Å². The van der Waals surface area contributed by atoms with Crippen LogP contribution in [-0.4, -0.2) is 48.9 Å². The highest BCUT2D eigenvalue weighted by Gasteiger charge is 2.24. The van der Waals surface area contributed by atoms with Crippen molar-refractivity contribution in [2.24, 2.45) is 4.99 Å². The normalized spacial score (nSPS) is 18.1. The number of benzene rings is 1. The van der Waals surface area contributed by atoms with Crippen molar-refractivity contribution in [3.05, 3.63) is 39.5 Å². The Morgan fingerprint density at radius 1 is 1.14 bits per heavy atom. The lowest BCUT2D eigenvalue weighted by atomic mass is 10.2. The Morgan fingerprint density at radius 2 is 1.95 bits per heavy atom. The second kappa shape index (κ2) is 5.57. The van der Waals surface area contributed by atoms with Gasteiger partial charge in [-0.3, -0.25) is 0 Å². The van der Waals surface area contributed by atoms with Crippen molar-refractivity contribution in [3.63, 3.8) is 0 Å². The highest BCUT2D eigenvalue weighted by Crippen LogP contribution is 2.38. The van der Waals surface area contributed by atoms with Gasteiger partial charge in [-0.15, -0.1) is 11.3 Å². The van der Waals surface area contributed by atoms with E-state index in [1.165, 1.54) is 4.88 Å². The highest BCUT2D eigenvalue weighted by molar-refractivity contribution is 7.12. The predicted molar refractivity (Wildman–Crippen MR) is 94.3 cm³/mol. The van der Waals surface area contributed by atoms with Crippen LogP contribution < -0.4 is 5.32 Å². The molecule has 0 aliphatic carbocycles. The zero-order valence-corrected chi connectivity index (χ0v) is 13.9. The third-order valence-electron chi connectivity index (χ3n) is 4.13. The van der Waals surface area contributed by atoms with E-state index in [1.54, 1.807) is 11.3 Å². The fourth-order valence-electron chi connectivity index (χ4n) is 2.83. The number of thiophene rings is 1. The van der Waals surface area contributed by atoms with Crippen LogP contribution in [-0.2, 0) is 0 Å². The van der Waals surface area contributed by atoms with Crippen molar-refractivity contribution in [3.8, 4) is 0 Å². The molecule has 22 heavy (non-hydrogen) atoms. The van der Waals surface area contributed by atoms with Gasteiger partial charge in [0, 0.05) is 31.2 Å². The first-order valence-electron chi connectivity index (χ1n) is 7.37. The Bertz CT molecular complexity index is 731. The van der Waals surface area contributed by atoms with E-state index in [-0.39, 0.29) is 0 Å². The lowest BCUT2D eigenvalue weighted by Crippen LogP contribution is -2.47. The molecule has 0 bridgehead atoms. The molecule has 1 saturated heterocycles. The molecule has 1 aromatic carbocycles. The molecule has 2 aromatic rings. The number of likely N-dealkylation sites (N-methyl/N-ethyl adjacent to an activating group) is 1. The van der Waals surface area contributed by atoms with E-state index in [2.05, 4.69) is 33.6 Å². The first-order chi connectivity index (χ1) is 10.7. The van der Waals surface area contributed by atoms with Gasteiger partial charge in [0.25, 0.3) is 0 Å². The molecular weight excluding hydrogens is 316 g/mol. The molecule has 0 spiro atoms. The van der Waals surface area contributed by atoms with Crippen molar-refractivity contribution in [1.29, 1.82) is 0 Å². The molecule has 0 radical (unpaired) electrons. The summed E-state index contributed by atoms with van der Waals surface area (Å²) in [5.74, 6) is 1.06. The van der Waals surface area contributed by atoms with Crippen LogP contribution in [0, 0.1) is 0 Å². The fraction of sp³-hybridized carbons (Fsp3) is 0.312. The fourth-order valence-corrected chi connectivity index (χ4v) is 3.86. The van der Waals surface area contributed by atoms with Crippen molar-refractivity contribution < 1.29 is 0 Å². The third-order valence-corrected chi connectivity index (χ3v) is 5.27. The lowest BCUT2D eigenvalue weighted by molar-refractivity contribution is 0.216. The third kappa shape index (κ3) is 2.49. The quantitative estimate of drug-likeness (QED) is 0.796. The van der Waals surface area contributed by atoms with Gasteiger partial charge in [-0.1, -0.05) is 11.6 Å². The molecule has 4 rings (SSSR count). The number of piperazine rings is 1. The van der Waals surface area contributed by atoms with Crippen molar-refractivity contribution in [2.75, 3.05) is 38.5 Å². The number of nitrogens with one attached hydrogen (secondary N) is 1. The van der Waals surface area contributed by atoms with Gasteiger partial charge >= 0.3 is 0 Å². The molecule has 0 saturated carbocycles. The van der Waals surface area contributed by atoms with Crippen LogP contribution >= 0.6 is 22.9 Å². The summed E-state index contributed by atoms with van der Waals surface area (Å²) in [6, 6.07) is 7.94. The molecule has 0 unspecified atom stereocenters. The first kappa shape index (κ1) is 14.1. The van der Waals surface area contributed by atoms with Crippen molar-refractivity contribution >= 4 is 45.8 Å². The van der Waals surface area contributed by atoms with Crippen LogP contribution in [0.1, 0.15) is 4.88 Å². The van der Waals surface area contributed by atoms with Crippen LogP contribution in [0.2, 0.25) is 5.02 Å². The summed E-state index contributed by atoms with van der Waals surface area (Å²) in [5.41, 5.74) is 3.04. The van der Waals surface area contributed by atoms with Crippen LogP contribution in [0.4, 0.5) is 17.1 Å². The van der Waals surface area contributed by atoms with Gasteiger partial charge in [-0.05, 0) is 36.7 Å². The van der Waals surface area contributed by atoms with E-state index in [9.17, 15) is 0 Å². The van der Waals surface area contributed by atoms with Gasteiger partial charge in [0.2, 0.25) is 0 Å². The Labute approximate surface area is 139 Å². The molecule has 2 aliphatic rings. The van der Waals surface area contributed by atoms with Gasteiger partial charge in [0.05, 0.1) is 21.9 Å². The Hall–Kier alpha value is -1.56. The van der Waals surface area contributed by atoms with Gasteiger partial charge in [0.1, 0.15) is 5.84 Å². The zero-order chi connectivity index (χ0) is 15.1. The monoisotopic (exact) mass is 332 g/mol. The second-order valence-corrected chi connectivity index (χ2v) is 7.03. The minimum Gasteiger partial charge on any atom is -0.353 e. The summed E-state index contributed by atoms with van der Waals surface area (Å²) in [6.45, 7) is 4.14. The summed E-state index contributed by atoms with van der Waals surface area (Å²) < 4.78 is 0. The van der Waals surface area contributed by atoms with E-state index in [4.69, 9.17) is 16.6 Å². The molecule has 4 nitrogen and oxygen atoms in total. The van der Waals surface area contributed by atoms with Crippen molar-refractivity contribution in [2.45, 2.75) is 0 Å². The summed E-state index contributed by atoms with van der Waals surface area (Å²) in [7, 11) is 2.17. The average Bonchev–Trinajstić information content (AvgIpc) is 2.91. The van der Waals surface area contributed by atoms with Crippen LogP contribution in [0.25, 0.3) is 0 Å². The van der Waals surface area contributed by atoms with Gasteiger partial charge in [-0.2, -0.15) is 0 Å². The molecule has 1 aromatic heterocycles. The number of anilines is 2. The molecule has 2 aliphatic heterocycles. The summed E-state index contributed by atoms with van der Waals surface area (Å²) >= 11 is 7.89. The van der Waals surface area contributed by atoms with Crippen LogP contribution in [0.3, 0.4) is 0 Å².